The monoisotopic (exact) mass is 340 g/mol. The van der Waals surface area contributed by atoms with Crippen LogP contribution in [0.25, 0.3) is 0 Å². The van der Waals surface area contributed by atoms with Crippen molar-refractivity contribution in [1.82, 2.24) is 5.32 Å². The first-order valence-electron chi connectivity index (χ1n) is 8.16. The normalized spacial score (nSPS) is 26.7. The van der Waals surface area contributed by atoms with Gasteiger partial charge in [0.2, 0.25) is 5.91 Å². The second-order valence-electron chi connectivity index (χ2n) is 6.41. The van der Waals surface area contributed by atoms with Crippen molar-refractivity contribution in [2.75, 3.05) is 19.8 Å². The van der Waals surface area contributed by atoms with E-state index in [-0.39, 0.29) is 36.7 Å². The van der Waals surface area contributed by atoms with E-state index in [2.05, 4.69) is 5.32 Å². The molecule has 2 aliphatic rings. The largest absolute Gasteiger partial charge is 0.461 e. The van der Waals surface area contributed by atoms with Crippen molar-refractivity contribution >= 4 is 23.9 Å². The lowest BCUT2D eigenvalue weighted by Crippen LogP contribution is -2.48. The second-order valence-corrected chi connectivity index (χ2v) is 6.41. The maximum absolute atomic E-state index is 12.5. The molecule has 0 aromatic carbocycles. The van der Waals surface area contributed by atoms with Gasteiger partial charge in [-0.15, -0.1) is 0 Å². The van der Waals surface area contributed by atoms with E-state index in [1.54, 1.807) is 13.8 Å². The van der Waals surface area contributed by atoms with Gasteiger partial charge < -0.3 is 24.9 Å². The Morgan fingerprint density at radius 2 is 2.04 bits per heavy atom. The van der Waals surface area contributed by atoms with Crippen LogP contribution in [0.5, 0.6) is 0 Å². The fraction of sp³-hybridized carbons (Fsp3) is 0.750. The molecule has 0 spiro atoms. The Labute approximate surface area is 140 Å². The van der Waals surface area contributed by atoms with E-state index >= 15 is 0 Å². The molecule has 4 atom stereocenters. The van der Waals surface area contributed by atoms with Crippen molar-refractivity contribution < 1.29 is 28.6 Å². The van der Waals surface area contributed by atoms with Crippen LogP contribution in [-0.2, 0) is 28.6 Å². The predicted molar refractivity (Wildman–Crippen MR) is 83.7 cm³/mol. The molecule has 0 saturated carbocycles. The standard InChI is InChI=1S/C16H24N2O6/c1-9(2)24-16(21)13(4-3-11(19)5-17)18-15(20)14-12-8-22-6-10(12)7-23-14/h5,9-10,12-14,17H,3-4,6-8H2,1-2H3,(H,18,20)/t10?,12?,13-,14+/m0/s1. The van der Waals surface area contributed by atoms with E-state index in [0.29, 0.717) is 26.0 Å². The van der Waals surface area contributed by atoms with Gasteiger partial charge in [-0.05, 0) is 20.3 Å². The van der Waals surface area contributed by atoms with E-state index < -0.39 is 23.9 Å². The van der Waals surface area contributed by atoms with Gasteiger partial charge in [0.1, 0.15) is 12.1 Å². The van der Waals surface area contributed by atoms with Crippen molar-refractivity contribution in [3.05, 3.63) is 0 Å². The Bertz CT molecular complexity index is 507. The van der Waals surface area contributed by atoms with Crippen LogP contribution in [-0.4, -0.2) is 61.9 Å². The Balaban J connectivity index is 1.97. The van der Waals surface area contributed by atoms with E-state index in [0.717, 1.165) is 0 Å². The second kappa shape index (κ2) is 8.34. The van der Waals surface area contributed by atoms with E-state index in [1.807, 2.05) is 0 Å². The predicted octanol–water partition coefficient (Wildman–Crippen LogP) is 0.0831. The summed E-state index contributed by atoms with van der Waals surface area (Å²) in [6.45, 7) is 4.94. The summed E-state index contributed by atoms with van der Waals surface area (Å²) in [4.78, 5) is 35.9. The minimum Gasteiger partial charge on any atom is -0.461 e. The van der Waals surface area contributed by atoms with Crippen LogP contribution < -0.4 is 5.32 Å². The molecule has 2 saturated heterocycles. The molecule has 2 heterocycles. The Morgan fingerprint density at radius 1 is 1.29 bits per heavy atom. The number of ketones is 1. The third kappa shape index (κ3) is 4.61. The first-order chi connectivity index (χ1) is 11.4. The molecule has 0 aliphatic carbocycles. The Kier molecular flexibility index (Phi) is 6.44. The Hall–Kier alpha value is -1.80. The zero-order valence-corrected chi connectivity index (χ0v) is 13.9. The van der Waals surface area contributed by atoms with Gasteiger partial charge in [0.25, 0.3) is 0 Å². The summed E-state index contributed by atoms with van der Waals surface area (Å²) in [5.41, 5.74) is 0. The number of hydrogen-bond acceptors (Lipinski definition) is 7. The molecule has 8 nitrogen and oxygen atoms in total. The van der Waals surface area contributed by atoms with Crippen LogP contribution in [0.2, 0.25) is 0 Å². The summed E-state index contributed by atoms with van der Waals surface area (Å²) >= 11 is 0. The quantitative estimate of drug-likeness (QED) is 0.478. The molecule has 1 amide bonds. The average Bonchev–Trinajstić information content (AvgIpc) is 3.12. The Morgan fingerprint density at radius 3 is 2.71 bits per heavy atom. The van der Waals surface area contributed by atoms with Crippen LogP contribution in [0.15, 0.2) is 0 Å². The molecule has 2 N–H and O–H groups in total. The first-order valence-corrected chi connectivity index (χ1v) is 8.16. The first kappa shape index (κ1) is 18.5. The van der Waals surface area contributed by atoms with Gasteiger partial charge in [0.05, 0.1) is 32.1 Å². The van der Waals surface area contributed by atoms with Crippen LogP contribution >= 0.6 is 0 Å². The molecule has 0 radical (unpaired) electrons. The molecule has 2 aliphatic heterocycles. The summed E-state index contributed by atoms with van der Waals surface area (Å²) in [6.07, 6.45) is -0.200. The minimum atomic E-state index is -0.936. The lowest BCUT2D eigenvalue weighted by molar-refractivity contribution is -0.153. The van der Waals surface area contributed by atoms with E-state index in [4.69, 9.17) is 19.6 Å². The number of ether oxygens (including phenoxy) is 3. The van der Waals surface area contributed by atoms with Crippen molar-refractivity contribution in [1.29, 1.82) is 5.41 Å². The highest BCUT2D eigenvalue weighted by molar-refractivity contribution is 6.26. The molecule has 134 valence electrons. The highest BCUT2D eigenvalue weighted by atomic mass is 16.5. The van der Waals surface area contributed by atoms with Crippen LogP contribution in [0.3, 0.4) is 0 Å². The molecule has 0 aromatic rings. The number of amides is 1. The molecular weight excluding hydrogens is 316 g/mol. The number of esters is 1. The van der Waals surface area contributed by atoms with Gasteiger partial charge in [-0.2, -0.15) is 0 Å². The zero-order valence-electron chi connectivity index (χ0n) is 13.9. The van der Waals surface area contributed by atoms with Gasteiger partial charge in [-0.3, -0.25) is 9.59 Å². The number of carbonyl (C=O) groups is 3. The lowest BCUT2D eigenvalue weighted by Gasteiger charge is -2.22. The third-order valence-corrected chi connectivity index (χ3v) is 4.18. The molecule has 0 bridgehead atoms. The van der Waals surface area contributed by atoms with E-state index in [1.165, 1.54) is 0 Å². The van der Waals surface area contributed by atoms with Gasteiger partial charge in [-0.25, -0.2) is 4.79 Å². The van der Waals surface area contributed by atoms with Crippen molar-refractivity contribution in [2.24, 2.45) is 11.8 Å². The molecule has 0 aromatic heterocycles. The number of fused-ring (bicyclic) bond motifs is 1. The minimum absolute atomic E-state index is 0.00465. The molecule has 2 fully saturated rings. The smallest absolute Gasteiger partial charge is 0.328 e. The number of nitrogens with one attached hydrogen (secondary N) is 2. The van der Waals surface area contributed by atoms with Gasteiger partial charge in [0.15, 0.2) is 5.78 Å². The van der Waals surface area contributed by atoms with Crippen molar-refractivity contribution in [2.45, 2.75) is 44.9 Å². The van der Waals surface area contributed by atoms with Crippen LogP contribution in [0.4, 0.5) is 0 Å². The topological polar surface area (TPSA) is 115 Å². The third-order valence-electron chi connectivity index (χ3n) is 4.18. The fourth-order valence-corrected chi connectivity index (χ4v) is 2.92. The van der Waals surface area contributed by atoms with Crippen LogP contribution in [0.1, 0.15) is 26.7 Å². The maximum Gasteiger partial charge on any atom is 0.328 e. The fourth-order valence-electron chi connectivity index (χ4n) is 2.92. The molecular formula is C16H24N2O6. The number of Topliss-reactive ketones (excluding diaryl/α,β-unsaturated/α-hetero) is 1. The highest BCUT2D eigenvalue weighted by Gasteiger charge is 2.45. The lowest BCUT2D eigenvalue weighted by atomic mass is 9.94. The molecule has 24 heavy (non-hydrogen) atoms. The summed E-state index contributed by atoms with van der Waals surface area (Å²) in [7, 11) is 0. The maximum atomic E-state index is 12.5. The van der Waals surface area contributed by atoms with Crippen molar-refractivity contribution in [3.8, 4) is 0 Å². The average molecular weight is 340 g/mol. The molecule has 2 unspecified atom stereocenters. The summed E-state index contributed by atoms with van der Waals surface area (Å²) in [5, 5.41) is 9.55. The van der Waals surface area contributed by atoms with Gasteiger partial charge >= 0.3 is 5.97 Å². The SMILES string of the molecule is CC(C)OC(=O)[C@H](CCC(=O)C=N)NC(=O)[C@@H]1OCC2COCC21. The van der Waals surface area contributed by atoms with Crippen LogP contribution in [0, 0.1) is 17.2 Å². The highest BCUT2D eigenvalue weighted by Crippen LogP contribution is 2.32. The summed E-state index contributed by atoms with van der Waals surface area (Å²) < 4.78 is 16.1. The zero-order chi connectivity index (χ0) is 17.7. The van der Waals surface area contributed by atoms with Crippen molar-refractivity contribution in [3.63, 3.8) is 0 Å². The van der Waals surface area contributed by atoms with Gasteiger partial charge in [-0.1, -0.05) is 0 Å². The number of rotatable bonds is 8. The molecule has 8 heteroatoms. The molecule has 2 rings (SSSR count). The van der Waals surface area contributed by atoms with E-state index in [9.17, 15) is 14.4 Å². The number of hydrogen-bond donors (Lipinski definition) is 2. The summed E-state index contributed by atoms with van der Waals surface area (Å²) in [5.74, 6) is -1.18. The van der Waals surface area contributed by atoms with Gasteiger partial charge in [0, 0.05) is 18.3 Å². The summed E-state index contributed by atoms with van der Waals surface area (Å²) in [6, 6.07) is -0.936. The number of carbonyl (C=O) groups excluding carboxylic acids is 3.